The average Bonchev–Trinajstić information content (AvgIpc) is 2.47. The molecule has 1 rings (SSSR count). The van der Waals surface area contributed by atoms with Crippen molar-refractivity contribution in [2.24, 2.45) is 11.7 Å². The lowest BCUT2D eigenvalue weighted by molar-refractivity contribution is -0.124. The summed E-state index contributed by atoms with van der Waals surface area (Å²) in [4.78, 5) is 22.8. The Balaban J connectivity index is 2.73. The van der Waals surface area contributed by atoms with E-state index < -0.39 is 18.2 Å². The molecule has 3 atom stereocenters. The van der Waals surface area contributed by atoms with Crippen LogP contribution < -0.4 is 11.1 Å². The summed E-state index contributed by atoms with van der Waals surface area (Å²) in [5.41, 5.74) is 6.85. The number of aliphatic hydroxyl groups excluding tert-OH is 1. The normalized spacial score (nSPS) is 15.1. The molecule has 5 nitrogen and oxygen atoms in total. The molecule has 4 N–H and O–H groups in total. The van der Waals surface area contributed by atoms with E-state index >= 15 is 0 Å². The number of hydrogen-bond donors (Lipinski definition) is 3. The standard InChI is InChI=1S/C17H26N2O3/c1-12(2)10-14(18)17(22)19-15(16(21)8-9-20)11-13-6-4-3-5-7-13/h3-7,9,12,14-16,21H,8,10-11,18H2,1-2H3,(H,19,22)/t14-,15-,16-/m0/s1. The summed E-state index contributed by atoms with van der Waals surface area (Å²) < 4.78 is 0. The number of nitrogens with two attached hydrogens (primary N) is 1. The third kappa shape index (κ3) is 6.37. The minimum absolute atomic E-state index is 0.0167. The molecule has 1 aromatic rings. The van der Waals surface area contributed by atoms with Crippen LogP contribution >= 0.6 is 0 Å². The first-order chi connectivity index (χ1) is 10.4. The quantitative estimate of drug-likeness (QED) is 0.594. The average molecular weight is 306 g/mol. The number of nitrogens with one attached hydrogen (secondary N) is 1. The molecule has 0 saturated heterocycles. The van der Waals surface area contributed by atoms with Crippen molar-refractivity contribution in [2.45, 2.75) is 51.3 Å². The maximum atomic E-state index is 12.2. The molecule has 0 heterocycles. The molecule has 0 fully saturated rings. The number of benzene rings is 1. The molecule has 0 bridgehead atoms. The fourth-order valence-electron chi connectivity index (χ4n) is 2.32. The van der Waals surface area contributed by atoms with Crippen LogP contribution in [0.5, 0.6) is 0 Å². The highest BCUT2D eigenvalue weighted by molar-refractivity contribution is 5.81. The van der Waals surface area contributed by atoms with Gasteiger partial charge in [0.1, 0.15) is 6.29 Å². The summed E-state index contributed by atoms with van der Waals surface area (Å²) in [6.07, 6.45) is 0.747. The second kappa shape index (κ2) is 9.33. The molecule has 122 valence electrons. The number of amides is 1. The Morgan fingerprint density at radius 2 is 1.95 bits per heavy atom. The van der Waals surface area contributed by atoms with Crippen molar-refractivity contribution in [1.29, 1.82) is 0 Å². The highest BCUT2D eigenvalue weighted by Gasteiger charge is 2.24. The molecule has 0 aliphatic rings. The van der Waals surface area contributed by atoms with Crippen LogP contribution in [0, 0.1) is 5.92 Å². The van der Waals surface area contributed by atoms with Crippen LogP contribution in [0.25, 0.3) is 0 Å². The van der Waals surface area contributed by atoms with Gasteiger partial charge in [0.15, 0.2) is 0 Å². The maximum Gasteiger partial charge on any atom is 0.237 e. The lowest BCUT2D eigenvalue weighted by Crippen LogP contribution is -2.51. The molecule has 0 saturated carbocycles. The number of hydrogen-bond acceptors (Lipinski definition) is 4. The van der Waals surface area contributed by atoms with E-state index in [1.165, 1.54) is 0 Å². The zero-order chi connectivity index (χ0) is 16.5. The van der Waals surface area contributed by atoms with E-state index in [4.69, 9.17) is 5.73 Å². The van der Waals surface area contributed by atoms with Gasteiger partial charge in [-0.25, -0.2) is 0 Å². The summed E-state index contributed by atoms with van der Waals surface area (Å²) in [5.74, 6) is 0.0211. The number of carbonyl (C=O) groups is 2. The van der Waals surface area contributed by atoms with Crippen LogP contribution in [-0.2, 0) is 16.0 Å². The van der Waals surface area contributed by atoms with Gasteiger partial charge in [-0.15, -0.1) is 0 Å². The van der Waals surface area contributed by atoms with Crippen LogP contribution in [0.4, 0.5) is 0 Å². The summed E-state index contributed by atoms with van der Waals surface area (Å²) in [7, 11) is 0. The first kappa shape index (κ1) is 18.3. The third-order valence-electron chi connectivity index (χ3n) is 3.49. The second-order valence-corrected chi connectivity index (χ2v) is 6.01. The van der Waals surface area contributed by atoms with Crippen molar-refractivity contribution in [1.82, 2.24) is 5.32 Å². The largest absolute Gasteiger partial charge is 0.391 e. The third-order valence-corrected chi connectivity index (χ3v) is 3.49. The van der Waals surface area contributed by atoms with E-state index in [9.17, 15) is 14.7 Å². The van der Waals surface area contributed by atoms with Gasteiger partial charge >= 0.3 is 0 Å². The molecule has 0 aromatic heterocycles. The Hall–Kier alpha value is -1.72. The molecule has 5 heteroatoms. The van der Waals surface area contributed by atoms with Gasteiger partial charge in [-0.2, -0.15) is 0 Å². The molecular formula is C17H26N2O3. The Bertz CT molecular complexity index is 462. The van der Waals surface area contributed by atoms with E-state index in [0.29, 0.717) is 25.0 Å². The summed E-state index contributed by atoms with van der Waals surface area (Å²) in [6.45, 7) is 3.99. The molecule has 0 radical (unpaired) electrons. The number of aldehydes is 1. The fraction of sp³-hybridized carbons (Fsp3) is 0.529. The van der Waals surface area contributed by atoms with E-state index in [-0.39, 0.29) is 12.3 Å². The molecule has 1 aromatic carbocycles. The number of carbonyl (C=O) groups excluding carboxylic acids is 2. The predicted molar refractivity (Wildman–Crippen MR) is 86.2 cm³/mol. The van der Waals surface area contributed by atoms with Gasteiger partial charge in [-0.1, -0.05) is 44.2 Å². The van der Waals surface area contributed by atoms with Crippen molar-refractivity contribution >= 4 is 12.2 Å². The molecule has 0 aliphatic carbocycles. The molecule has 0 aliphatic heterocycles. The Morgan fingerprint density at radius 1 is 1.32 bits per heavy atom. The predicted octanol–water partition coefficient (Wildman–Crippen LogP) is 1.04. The van der Waals surface area contributed by atoms with Crippen LogP contribution in [0.1, 0.15) is 32.3 Å². The summed E-state index contributed by atoms with van der Waals surface area (Å²) in [5, 5.41) is 12.9. The van der Waals surface area contributed by atoms with Crippen molar-refractivity contribution < 1.29 is 14.7 Å². The van der Waals surface area contributed by atoms with Gasteiger partial charge in [0.2, 0.25) is 5.91 Å². The maximum absolute atomic E-state index is 12.2. The molecule has 1 amide bonds. The number of aliphatic hydroxyl groups is 1. The summed E-state index contributed by atoms with van der Waals surface area (Å²) >= 11 is 0. The Kier molecular flexibility index (Phi) is 7.77. The number of rotatable bonds is 9. The topological polar surface area (TPSA) is 92.4 Å². The van der Waals surface area contributed by atoms with Crippen molar-refractivity contribution in [3.63, 3.8) is 0 Å². The zero-order valence-corrected chi connectivity index (χ0v) is 13.2. The first-order valence-corrected chi connectivity index (χ1v) is 7.65. The molecule has 0 spiro atoms. The van der Waals surface area contributed by atoms with Crippen molar-refractivity contribution in [2.75, 3.05) is 0 Å². The van der Waals surface area contributed by atoms with E-state index in [1.54, 1.807) is 0 Å². The smallest absolute Gasteiger partial charge is 0.237 e. The van der Waals surface area contributed by atoms with E-state index in [0.717, 1.165) is 5.56 Å². The summed E-state index contributed by atoms with van der Waals surface area (Å²) in [6, 6.07) is 8.38. The SMILES string of the molecule is CC(C)C[C@H](N)C(=O)N[C@@H](Cc1ccccc1)[C@@H](O)CC=O. The second-order valence-electron chi connectivity index (χ2n) is 6.01. The Morgan fingerprint density at radius 3 is 2.50 bits per heavy atom. The highest BCUT2D eigenvalue weighted by Crippen LogP contribution is 2.09. The van der Waals surface area contributed by atoms with Gasteiger partial charge in [0, 0.05) is 6.42 Å². The monoisotopic (exact) mass is 306 g/mol. The minimum Gasteiger partial charge on any atom is -0.391 e. The molecule has 22 heavy (non-hydrogen) atoms. The van der Waals surface area contributed by atoms with Crippen molar-refractivity contribution in [3.8, 4) is 0 Å². The van der Waals surface area contributed by atoms with Crippen LogP contribution in [0.3, 0.4) is 0 Å². The minimum atomic E-state index is -0.923. The molecule has 0 unspecified atom stereocenters. The van der Waals surface area contributed by atoms with E-state index in [2.05, 4.69) is 5.32 Å². The lowest BCUT2D eigenvalue weighted by atomic mass is 9.98. The van der Waals surface area contributed by atoms with Crippen LogP contribution in [0.15, 0.2) is 30.3 Å². The van der Waals surface area contributed by atoms with Gasteiger partial charge in [-0.3, -0.25) is 4.79 Å². The lowest BCUT2D eigenvalue weighted by Gasteiger charge is -2.25. The van der Waals surface area contributed by atoms with Crippen LogP contribution in [-0.4, -0.2) is 35.5 Å². The molecular weight excluding hydrogens is 280 g/mol. The zero-order valence-electron chi connectivity index (χ0n) is 13.2. The van der Waals surface area contributed by atoms with Crippen molar-refractivity contribution in [3.05, 3.63) is 35.9 Å². The van der Waals surface area contributed by atoms with Gasteiger partial charge in [0.25, 0.3) is 0 Å². The highest BCUT2D eigenvalue weighted by atomic mass is 16.3. The van der Waals surface area contributed by atoms with E-state index in [1.807, 2.05) is 44.2 Å². The first-order valence-electron chi connectivity index (χ1n) is 7.65. The van der Waals surface area contributed by atoms with Gasteiger partial charge < -0.3 is 21.0 Å². The Labute approximate surface area is 131 Å². The van der Waals surface area contributed by atoms with Gasteiger partial charge in [0.05, 0.1) is 18.2 Å². The fourth-order valence-corrected chi connectivity index (χ4v) is 2.32. The van der Waals surface area contributed by atoms with Gasteiger partial charge in [-0.05, 0) is 24.3 Å². The van der Waals surface area contributed by atoms with Crippen LogP contribution in [0.2, 0.25) is 0 Å².